The van der Waals surface area contributed by atoms with E-state index in [1.807, 2.05) is 30.3 Å². The van der Waals surface area contributed by atoms with E-state index in [2.05, 4.69) is 20.6 Å². The molecule has 3 heterocycles. The van der Waals surface area contributed by atoms with Gasteiger partial charge in [0.15, 0.2) is 11.4 Å². The van der Waals surface area contributed by atoms with E-state index in [9.17, 15) is 19.2 Å². The molecular weight excluding hydrogens is 460 g/mol. The van der Waals surface area contributed by atoms with Crippen LogP contribution in [-0.2, 0) is 27.8 Å². The number of oxazole rings is 1. The van der Waals surface area contributed by atoms with Gasteiger partial charge in [0.05, 0.1) is 10.9 Å². The highest BCUT2D eigenvalue weighted by Crippen LogP contribution is 2.46. The number of H-pyrrole nitrogens is 1. The number of aromatic amines is 1. The summed E-state index contributed by atoms with van der Waals surface area (Å²) in [5.74, 6) is -0.512. The molecule has 0 fully saturated rings. The largest absolute Gasteiger partial charge is 0.417 e. The van der Waals surface area contributed by atoms with Crippen molar-refractivity contribution in [3.8, 4) is 0 Å². The van der Waals surface area contributed by atoms with E-state index in [-0.39, 0.29) is 30.4 Å². The Labute approximate surface area is 204 Å². The number of rotatable bonds is 5. The molecule has 1 aliphatic heterocycles. The highest BCUT2D eigenvalue weighted by molar-refractivity contribution is 6.06. The van der Waals surface area contributed by atoms with Gasteiger partial charge in [0.1, 0.15) is 5.82 Å². The van der Waals surface area contributed by atoms with Gasteiger partial charge < -0.3 is 15.1 Å². The molecule has 0 radical (unpaired) electrons. The van der Waals surface area contributed by atoms with E-state index in [1.165, 1.54) is 6.07 Å². The number of nitrogens with one attached hydrogen (secondary N) is 3. The van der Waals surface area contributed by atoms with Crippen LogP contribution in [0.15, 0.2) is 57.9 Å². The van der Waals surface area contributed by atoms with Crippen LogP contribution in [0.5, 0.6) is 0 Å². The van der Waals surface area contributed by atoms with Crippen LogP contribution in [0.25, 0.3) is 11.1 Å². The Bertz CT molecular complexity index is 1650. The number of ketones is 1. The minimum absolute atomic E-state index is 0.00940. The summed E-state index contributed by atoms with van der Waals surface area (Å²) < 4.78 is 5.07. The van der Waals surface area contributed by atoms with Crippen molar-refractivity contribution in [2.45, 2.75) is 38.0 Å². The van der Waals surface area contributed by atoms with Crippen molar-refractivity contribution in [3.05, 3.63) is 87.0 Å². The first kappa shape index (κ1) is 22.0. The second kappa shape index (κ2) is 8.01. The topological polar surface area (TPSA) is 134 Å². The smallest absolute Gasteiger partial charge is 0.408 e. The molecule has 4 aromatic rings. The molecule has 3 N–H and O–H groups in total. The van der Waals surface area contributed by atoms with Gasteiger partial charge in [0.2, 0.25) is 11.8 Å². The SMILES string of the molecule is Cc1cc(C(=O)CCC(=O)Nc2ccc3c(c2)CC2(C3)C(=O)Nc3ncccc32)cc2oc(=O)[nH]c12. The maximum absolute atomic E-state index is 12.9. The zero-order chi connectivity index (χ0) is 25.0. The summed E-state index contributed by atoms with van der Waals surface area (Å²) in [7, 11) is 0. The van der Waals surface area contributed by atoms with E-state index in [4.69, 9.17) is 4.42 Å². The minimum Gasteiger partial charge on any atom is -0.408 e. The zero-order valence-corrected chi connectivity index (χ0v) is 19.4. The summed E-state index contributed by atoms with van der Waals surface area (Å²) in [6, 6.07) is 12.6. The summed E-state index contributed by atoms with van der Waals surface area (Å²) in [6.07, 6.45) is 2.81. The Morgan fingerprint density at radius 1 is 1.08 bits per heavy atom. The summed E-state index contributed by atoms with van der Waals surface area (Å²) in [4.78, 5) is 56.5. The number of amides is 2. The van der Waals surface area contributed by atoms with E-state index < -0.39 is 11.2 Å². The van der Waals surface area contributed by atoms with Gasteiger partial charge in [-0.15, -0.1) is 0 Å². The average Bonchev–Trinajstić information content (AvgIpc) is 3.50. The molecule has 2 aromatic carbocycles. The predicted molar refractivity (Wildman–Crippen MR) is 132 cm³/mol. The first-order valence-electron chi connectivity index (χ1n) is 11.7. The molecule has 0 saturated carbocycles. The van der Waals surface area contributed by atoms with E-state index in [0.717, 1.165) is 22.3 Å². The maximum atomic E-state index is 12.9. The van der Waals surface area contributed by atoms with Crippen LogP contribution in [0.2, 0.25) is 0 Å². The Kier molecular flexibility index (Phi) is 4.89. The summed E-state index contributed by atoms with van der Waals surface area (Å²) in [6.45, 7) is 1.78. The van der Waals surface area contributed by atoms with Crippen molar-refractivity contribution in [2.24, 2.45) is 0 Å². The quantitative estimate of drug-likeness (QED) is 0.373. The number of benzene rings is 2. The third-order valence-corrected chi connectivity index (χ3v) is 7.09. The monoisotopic (exact) mass is 482 g/mol. The standard InChI is InChI=1S/C27H22N4O5/c1-14-9-16(11-21-23(14)30-26(35)36-21)20(32)6-7-22(33)29-18-5-4-15-12-27(13-17(15)10-18)19-3-2-8-28-24(19)31-25(27)34/h2-5,8-11H,6-7,12-13H2,1H3,(H,29,33)(H,30,35)(H,28,31,34). The predicted octanol–water partition coefficient (Wildman–Crippen LogP) is 3.41. The number of hydrogen-bond donors (Lipinski definition) is 3. The van der Waals surface area contributed by atoms with Crippen molar-refractivity contribution in [1.29, 1.82) is 0 Å². The fourth-order valence-electron chi connectivity index (χ4n) is 5.32. The summed E-state index contributed by atoms with van der Waals surface area (Å²) in [5, 5.41) is 5.76. The van der Waals surface area contributed by atoms with Crippen molar-refractivity contribution in [3.63, 3.8) is 0 Å². The fraction of sp³-hybridized carbons (Fsp3) is 0.222. The molecule has 1 unspecified atom stereocenters. The van der Waals surface area contributed by atoms with Crippen molar-refractivity contribution in [2.75, 3.05) is 10.6 Å². The molecule has 180 valence electrons. The molecule has 2 amide bonds. The average molecular weight is 482 g/mol. The van der Waals surface area contributed by atoms with Crippen LogP contribution in [0, 0.1) is 6.92 Å². The molecule has 1 atom stereocenters. The maximum Gasteiger partial charge on any atom is 0.417 e. The van der Waals surface area contributed by atoms with Gasteiger partial charge in [-0.2, -0.15) is 0 Å². The molecule has 2 aromatic heterocycles. The minimum atomic E-state index is -0.668. The van der Waals surface area contributed by atoms with Gasteiger partial charge in [-0.05, 0) is 66.8 Å². The van der Waals surface area contributed by atoms with Crippen LogP contribution in [0.4, 0.5) is 11.5 Å². The Balaban J connectivity index is 1.13. The Morgan fingerprint density at radius 3 is 2.78 bits per heavy atom. The van der Waals surface area contributed by atoms with Gasteiger partial charge in [-0.25, -0.2) is 9.78 Å². The van der Waals surface area contributed by atoms with Crippen molar-refractivity contribution >= 4 is 40.2 Å². The van der Waals surface area contributed by atoms with Crippen molar-refractivity contribution < 1.29 is 18.8 Å². The Hall–Kier alpha value is -4.53. The van der Waals surface area contributed by atoms with E-state index in [0.29, 0.717) is 41.0 Å². The lowest BCUT2D eigenvalue weighted by atomic mass is 9.79. The van der Waals surface area contributed by atoms with Crippen LogP contribution in [0.1, 0.15) is 45.5 Å². The highest BCUT2D eigenvalue weighted by atomic mass is 16.4. The van der Waals surface area contributed by atoms with Crippen LogP contribution < -0.4 is 16.4 Å². The lowest BCUT2D eigenvalue weighted by Gasteiger charge is -2.20. The second-order valence-electron chi connectivity index (χ2n) is 9.42. The van der Waals surface area contributed by atoms with Gasteiger partial charge in [0, 0.05) is 35.9 Å². The third kappa shape index (κ3) is 3.51. The number of pyridine rings is 1. The van der Waals surface area contributed by atoms with Crippen LogP contribution >= 0.6 is 0 Å². The molecule has 0 saturated heterocycles. The van der Waals surface area contributed by atoms with Gasteiger partial charge >= 0.3 is 5.76 Å². The normalized spacial score (nSPS) is 17.8. The number of carbonyl (C=O) groups excluding carboxylic acids is 3. The highest BCUT2D eigenvalue weighted by Gasteiger charge is 2.51. The Morgan fingerprint density at radius 2 is 1.92 bits per heavy atom. The number of carbonyl (C=O) groups is 3. The first-order valence-corrected chi connectivity index (χ1v) is 11.7. The van der Waals surface area contributed by atoms with Crippen LogP contribution in [-0.4, -0.2) is 27.6 Å². The molecule has 6 rings (SSSR count). The van der Waals surface area contributed by atoms with Gasteiger partial charge in [-0.3, -0.25) is 19.4 Å². The van der Waals surface area contributed by atoms with E-state index in [1.54, 1.807) is 19.2 Å². The molecular formula is C27H22N4O5. The number of nitrogens with zero attached hydrogens (tertiary/aromatic N) is 1. The van der Waals surface area contributed by atoms with Crippen molar-refractivity contribution in [1.82, 2.24) is 9.97 Å². The zero-order valence-electron chi connectivity index (χ0n) is 19.4. The molecule has 9 heteroatoms. The molecule has 1 spiro atoms. The number of aromatic nitrogens is 2. The van der Waals surface area contributed by atoms with Gasteiger partial charge in [0.25, 0.3) is 0 Å². The number of aryl methyl sites for hydroxylation is 1. The number of Topliss-reactive ketones (excluding diaryl/α,β-unsaturated/α-hetero) is 1. The second-order valence-corrected chi connectivity index (χ2v) is 9.42. The van der Waals surface area contributed by atoms with Crippen LogP contribution in [0.3, 0.4) is 0 Å². The van der Waals surface area contributed by atoms with Gasteiger partial charge in [-0.1, -0.05) is 12.1 Å². The summed E-state index contributed by atoms with van der Waals surface area (Å²) in [5.41, 5.74) is 4.92. The molecule has 1 aliphatic carbocycles. The fourth-order valence-corrected chi connectivity index (χ4v) is 5.32. The number of hydrogen-bond acceptors (Lipinski definition) is 6. The number of anilines is 2. The lowest BCUT2D eigenvalue weighted by Crippen LogP contribution is -2.35. The molecule has 9 nitrogen and oxygen atoms in total. The molecule has 36 heavy (non-hydrogen) atoms. The number of fused-ring (bicyclic) bond motifs is 4. The molecule has 0 bridgehead atoms. The molecule has 2 aliphatic rings. The summed E-state index contributed by atoms with van der Waals surface area (Å²) >= 11 is 0. The van der Waals surface area contributed by atoms with E-state index >= 15 is 0 Å². The first-order chi connectivity index (χ1) is 17.3. The lowest BCUT2D eigenvalue weighted by molar-refractivity contribution is -0.120. The third-order valence-electron chi connectivity index (χ3n) is 7.09.